The molecule has 0 saturated carbocycles. The number of amides is 1. The fourth-order valence-corrected chi connectivity index (χ4v) is 3.30. The summed E-state index contributed by atoms with van der Waals surface area (Å²) in [5.74, 6) is 0.683. The first-order chi connectivity index (χ1) is 11.1. The summed E-state index contributed by atoms with van der Waals surface area (Å²) in [7, 11) is 0. The Morgan fingerprint density at radius 1 is 1.22 bits per heavy atom. The van der Waals surface area contributed by atoms with E-state index < -0.39 is 0 Å². The number of aromatic nitrogens is 3. The van der Waals surface area contributed by atoms with Crippen molar-refractivity contribution >= 4 is 5.91 Å². The minimum absolute atomic E-state index is 0.180. The summed E-state index contributed by atoms with van der Waals surface area (Å²) in [5, 5.41) is 4.40. The van der Waals surface area contributed by atoms with Gasteiger partial charge in [0.15, 0.2) is 0 Å². The average molecular weight is 312 g/mol. The van der Waals surface area contributed by atoms with Gasteiger partial charge in [-0.25, -0.2) is 0 Å². The normalized spacial score (nSPS) is 16.1. The van der Waals surface area contributed by atoms with Gasteiger partial charge in [0.2, 0.25) is 5.91 Å². The van der Waals surface area contributed by atoms with Crippen LogP contribution in [0.5, 0.6) is 0 Å². The van der Waals surface area contributed by atoms with E-state index >= 15 is 0 Å². The zero-order valence-corrected chi connectivity index (χ0v) is 14.1. The molecule has 0 unspecified atom stereocenters. The number of hydrogen-bond acceptors (Lipinski definition) is 3. The maximum atomic E-state index is 11.5. The Balaban J connectivity index is 1.81. The number of piperidine rings is 1. The quantitative estimate of drug-likeness (QED) is 0.874. The lowest BCUT2D eigenvalue weighted by atomic mass is 9.89. The van der Waals surface area contributed by atoms with Crippen LogP contribution in [0, 0.1) is 0 Å². The van der Waals surface area contributed by atoms with Crippen LogP contribution < -0.4 is 0 Å². The summed E-state index contributed by atoms with van der Waals surface area (Å²) in [6.45, 7) is 7.59. The van der Waals surface area contributed by atoms with E-state index in [0.29, 0.717) is 12.0 Å². The number of rotatable bonds is 3. The van der Waals surface area contributed by atoms with Crippen LogP contribution in [0.4, 0.5) is 0 Å². The predicted octanol–water partition coefficient (Wildman–Crippen LogP) is 3.25. The van der Waals surface area contributed by atoms with Crippen molar-refractivity contribution in [3.8, 4) is 11.4 Å². The fourth-order valence-electron chi connectivity index (χ4n) is 3.30. The van der Waals surface area contributed by atoms with Crippen molar-refractivity contribution in [2.75, 3.05) is 13.1 Å². The van der Waals surface area contributed by atoms with Crippen LogP contribution in [0.1, 0.15) is 51.1 Å². The molecular formula is C18H24N4O. The molecule has 0 spiro atoms. The minimum Gasteiger partial charge on any atom is -0.343 e. The lowest BCUT2D eigenvalue weighted by Crippen LogP contribution is -2.36. The van der Waals surface area contributed by atoms with E-state index in [2.05, 4.69) is 36.1 Å². The zero-order valence-electron chi connectivity index (χ0n) is 14.1. The van der Waals surface area contributed by atoms with Crippen molar-refractivity contribution in [1.82, 2.24) is 19.7 Å². The Labute approximate surface area is 137 Å². The predicted molar refractivity (Wildman–Crippen MR) is 90.1 cm³/mol. The summed E-state index contributed by atoms with van der Waals surface area (Å²) < 4.78 is 2.00. The number of pyridine rings is 1. The first-order valence-electron chi connectivity index (χ1n) is 8.31. The molecule has 23 heavy (non-hydrogen) atoms. The van der Waals surface area contributed by atoms with Crippen molar-refractivity contribution < 1.29 is 4.79 Å². The van der Waals surface area contributed by atoms with Gasteiger partial charge in [-0.2, -0.15) is 5.10 Å². The number of carbonyl (C=O) groups is 1. The number of hydrogen-bond donors (Lipinski definition) is 0. The maximum absolute atomic E-state index is 11.5. The molecule has 1 aliphatic rings. The molecule has 2 aromatic rings. The average Bonchev–Trinajstić information content (AvgIpc) is 3.05. The molecule has 3 heterocycles. The van der Waals surface area contributed by atoms with Crippen LogP contribution in [-0.2, 0) is 4.79 Å². The molecule has 122 valence electrons. The molecule has 0 radical (unpaired) electrons. The zero-order chi connectivity index (χ0) is 16.4. The van der Waals surface area contributed by atoms with Gasteiger partial charge in [-0.3, -0.25) is 14.5 Å². The Kier molecular flexibility index (Phi) is 4.46. The number of likely N-dealkylation sites (tertiary alicyclic amines) is 1. The molecule has 0 N–H and O–H groups in total. The summed E-state index contributed by atoms with van der Waals surface area (Å²) in [5.41, 5.74) is 3.35. The van der Waals surface area contributed by atoms with Crippen LogP contribution in [-0.4, -0.2) is 38.7 Å². The van der Waals surface area contributed by atoms with Crippen molar-refractivity contribution in [2.45, 2.75) is 45.6 Å². The van der Waals surface area contributed by atoms with Gasteiger partial charge in [-0.15, -0.1) is 0 Å². The smallest absolute Gasteiger partial charge is 0.219 e. The van der Waals surface area contributed by atoms with E-state index in [1.165, 1.54) is 5.56 Å². The van der Waals surface area contributed by atoms with Gasteiger partial charge in [0.1, 0.15) is 0 Å². The maximum Gasteiger partial charge on any atom is 0.219 e. The second-order valence-electron chi connectivity index (χ2n) is 6.51. The topological polar surface area (TPSA) is 51.0 Å². The van der Waals surface area contributed by atoms with Crippen molar-refractivity contribution in [2.24, 2.45) is 0 Å². The summed E-state index contributed by atoms with van der Waals surface area (Å²) in [4.78, 5) is 17.9. The molecule has 5 nitrogen and oxygen atoms in total. The van der Waals surface area contributed by atoms with Gasteiger partial charge < -0.3 is 4.90 Å². The Hall–Kier alpha value is -2.17. The van der Waals surface area contributed by atoms with E-state index in [1.54, 1.807) is 6.92 Å². The molecule has 1 aliphatic heterocycles. The van der Waals surface area contributed by atoms with Gasteiger partial charge in [0.05, 0.1) is 11.4 Å². The summed E-state index contributed by atoms with van der Waals surface area (Å²) >= 11 is 0. The van der Waals surface area contributed by atoms with Crippen molar-refractivity contribution in [3.05, 3.63) is 36.2 Å². The second kappa shape index (κ2) is 6.52. The Bertz CT molecular complexity index is 684. The highest BCUT2D eigenvalue weighted by atomic mass is 16.2. The Morgan fingerprint density at radius 3 is 2.61 bits per heavy atom. The third kappa shape index (κ3) is 3.28. The highest BCUT2D eigenvalue weighted by Crippen LogP contribution is 2.30. The molecule has 1 amide bonds. The molecule has 1 fully saturated rings. The molecule has 1 saturated heterocycles. The number of carbonyl (C=O) groups excluding carboxylic acids is 1. The fraction of sp³-hybridized carbons (Fsp3) is 0.500. The van der Waals surface area contributed by atoms with Gasteiger partial charge in [0.25, 0.3) is 0 Å². The van der Waals surface area contributed by atoms with Crippen LogP contribution in [0.3, 0.4) is 0 Å². The lowest BCUT2D eigenvalue weighted by molar-refractivity contribution is -0.129. The molecule has 2 aromatic heterocycles. The van der Waals surface area contributed by atoms with Crippen molar-refractivity contribution in [3.63, 3.8) is 0 Å². The molecule has 0 aromatic carbocycles. The van der Waals surface area contributed by atoms with E-state index in [1.807, 2.05) is 28.0 Å². The largest absolute Gasteiger partial charge is 0.343 e. The SMILES string of the molecule is CC(=O)N1CCC(c2ccnc(-c3ccnn3C(C)C)c2)CC1. The van der Waals surface area contributed by atoms with E-state index in [-0.39, 0.29) is 5.91 Å². The second-order valence-corrected chi connectivity index (χ2v) is 6.51. The summed E-state index contributed by atoms with van der Waals surface area (Å²) in [6.07, 6.45) is 5.76. The highest BCUT2D eigenvalue weighted by Gasteiger charge is 2.22. The van der Waals surface area contributed by atoms with E-state index in [4.69, 9.17) is 0 Å². The minimum atomic E-state index is 0.180. The van der Waals surface area contributed by atoms with Crippen LogP contribution in [0.15, 0.2) is 30.6 Å². The standard InChI is InChI=1S/C18H24N4O/c1-13(2)22-18(5-9-20-22)17-12-16(4-8-19-17)15-6-10-21(11-7-15)14(3)23/h4-5,8-9,12-13,15H,6-7,10-11H2,1-3H3. The van der Waals surface area contributed by atoms with Crippen LogP contribution in [0.25, 0.3) is 11.4 Å². The molecular weight excluding hydrogens is 288 g/mol. The van der Waals surface area contributed by atoms with Crippen molar-refractivity contribution in [1.29, 1.82) is 0 Å². The Morgan fingerprint density at radius 2 is 1.96 bits per heavy atom. The van der Waals surface area contributed by atoms with E-state index in [9.17, 15) is 4.79 Å². The van der Waals surface area contributed by atoms with Gasteiger partial charge in [-0.05, 0) is 56.4 Å². The summed E-state index contributed by atoms with van der Waals surface area (Å²) in [6, 6.07) is 6.62. The van der Waals surface area contributed by atoms with E-state index in [0.717, 1.165) is 37.3 Å². The first-order valence-corrected chi connectivity index (χ1v) is 8.31. The third-order valence-corrected chi connectivity index (χ3v) is 4.62. The highest BCUT2D eigenvalue weighted by molar-refractivity contribution is 5.73. The molecule has 0 aliphatic carbocycles. The first kappa shape index (κ1) is 15.7. The molecule has 3 rings (SSSR count). The molecule has 0 atom stereocenters. The van der Waals surface area contributed by atoms with Crippen LogP contribution in [0.2, 0.25) is 0 Å². The molecule has 0 bridgehead atoms. The molecule has 5 heteroatoms. The third-order valence-electron chi connectivity index (χ3n) is 4.62. The lowest BCUT2D eigenvalue weighted by Gasteiger charge is -2.31. The number of nitrogens with zero attached hydrogens (tertiary/aromatic N) is 4. The van der Waals surface area contributed by atoms with Gasteiger partial charge in [-0.1, -0.05) is 0 Å². The van der Waals surface area contributed by atoms with Gasteiger partial charge >= 0.3 is 0 Å². The van der Waals surface area contributed by atoms with Crippen LogP contribution >= 0.6 is 0 Å². The monoisotopic (exact) mass is 312 g/mol. The van der Waals surface area contributed by atoms with Gasteiger partial charge in [0, 0.05) is 38.4 Å².